The lowest BCUT2D eigenvalue weighted by Gasteiger charge is -2.14. The minimum Gasteiger partial charge on any atom is -0.275 e. The Balaban J connectivity index is 2.45. The highest BCUT2D eigenvalue weighted by atomic mass is 32.2. The number of halogens is 3. The molecule has 0 unspecified atom stereocenters. The van der Waals surface area contributed by atoms with Crippen LogP contribution in [0.4, 0.5) is 18.9 Å². The highest BCUT2D eigenvalue weighted by Gasteiger charge is 2.46. The summed E-state index contributed by atoms with van der Waals surface area (Å²) in [6, 6.07) is 13.0. The normalized spacial score (nSPS) is 12.2. The van der Waals surface area contributed by atoms with Gasteiger partial charge < -0.3 is 0 Å². The van der Waals surface area contributed by atoms with Gasteiger partial charge in [0.2, 0.25) is 0 Å². The predicted octanol–water partition coefficient (Wildman–Crippen LogP) is 3.92. The smallest absolute Gasteiger partial charge is 0.275 e. The summed E-state index contributed by atoms with van der Waals surface area (Å²) in [6.45, 7) is 1.88. The van der Waals surface area contributed by atoms with Gasteiger partial charge in [-0.15, -0.1) is 0 Å². The molecular formula is C14H12F3NO2S. The van der Waals surface area contributed by atoms with E-state index in [1.807, 2.05) is 6.92 Å². The minimum absolute atomic E-state index is 0.112. The zero-order valence-electron chi connectivity index (χ0n) is 11.0. The summed E-state index contributed by atoms with van der Waals surface area (Å²) in [7, 11) is -5.44. The van der Waals surface area contributed by atoms with Crippen LogP contribution in [0.25, 0.3) is 11.1 Å². The van der Waals surface area contributed by atoms with E-state index in [0.29, 0.717) is 11.1 Å². The first-order valence-electron chi connectivity index (χ1n) is 5.96. The first kappa shape index (κ1) is 15.4. The number of para-hydroxylation sites is 1. The molecular weight excluding hydrogens is 303 g/mol. The molecule has 0 aliphatic heterocycles. The molecule has 2 aromatic carbocycles. The first-order valence-corrected chi connectivity index (χ1v) is 7.44. The predicted molar refractivity (Wildman–Crippen MR) is 75.2 cm³/mol. The van der Waals surface area contributed by atoms with Crippen LogP contribution in [0.1, 0.15) is 5.56 Å². The van der Waals surface area contributed by atoms with Crippen molar-refractivity contribution in [3.8, 4) is 11.1 Å². The van der Waals surface area contributed by atoms with Gasteiger partial charge in [0.1, 0.15) is 0 Å². The molecule has 112 valence electrons. The number of nitrogens with one attached hydrogen (secondary N) is 1. The lowest BCUT2D eigenvalue weighted by molar-refractivity contribution is -0.0429. The van der Waals surface area contributed by atoms with Gasteiger partial charge in [-0.25, -0.2) is 0 Å². The number of hydrogen-bond acceptors (Lipinski definition) is 2. The van der Waals surface area contributed by atoms with Gasteiger partial charge in [-0.2, -0.15) is 21.6 Å². The van der Waals surface area contributed by atoms with Gasteiger partial charge in [-0.1, -0.05) is 48.0 Å². The van der Waals surface area contributed by atoms with Crippen LogP contribution in [0, 0.1) is 6.92 Å². The lowest BCUT2D eigenvalue weighted by atomic mass is 10.0. The average molecular weight is 315 g/mol. The first-order chi connectivity index (χ1) is 9.71. The monoisotopic (exact) mass is 315 g/mol. The molecule has 0 fully saturated rings. The summed E-state index contributed by atoms with van der Waals surface area (Å²) in [5.41, 5.74) is -3.47. The SMILES string of the molecule is Cc1ccc(-c2ccccc2NS(=O)(=O)C(F)(F)F)cc1. The number of hydrogen-bond donors (Lipinski definition) is 1. The highest BCUT2D eigenvalue weighted by molar-refractivity contribution is 7.93. The second kappa shape index (κ2) is 5.40. The van der Waals surface area contributed by atoms with Gasteiger partial charge >= 0.3 is 15.5 Å². The Morgan fingerprint density at radius 1 is 0.952 bits per heavy atom. The third-order valence-corrected chi connectivity index (χ3v) is 3.94. The molecule has 0 amide bonds. The molecule has 0 aliphatic rings. The van der Waals surface area contributed by atoms with E-state index in [-0.39, 0.29) is 5.69 Å². The molecule has 1 N–H and O–H groups in total. The van der Waals surface area contributed by atoms with Crippen molar-refractivity contribution < 1.29 is 21.6 Å². The molecule has 7 heteroatoms. The van der Waals surface area contributed by atoms with E-state index in [4.69, 9.17) is 0 Å². The molecule has 2 aromatic rings. The van der Waals surface area contributed by atoms with Crippen LogP contribution in [-0.4, -0.2) is 13.9 Å². The van der Waals surface area contributed by atoms with Gasteiger partial charge in [0, 0.05) is 5.56 Å². The number of benzene rings is 2. The molecule has 0 radical (unpaired) electrons. The summed E-state index contributed by atoms with van der Waals surface area (Å²) in [6.07, 6.45) is 0. The molecule has 21 heavy (non-hydrogen) atoms. The van der Waals surface area contributed by atoms with E-state index in [1.165, 1.54) is 12.1 Å². The van der Waals surface area contributed by atoms with Crippen LogP contribution >= 0.6 is 0 Å². The zero-order valence-corrected chi connectivity index (χ0v) is 11.8. The number of aryl methyl sites for hydroxylation is 1. The maximum absolute atomic E-state index is 12.5. The van der Waals surface area contributed by atoms with Crippen molar-refractivity contribution in [2.45, 2.75) is 12.4 Å². The van der Waals surface area contributed by atoms with E-state index in [9.17, 15) is 21.6 Å². The Bertz CT molecular complexity index is 738. The van der Waals surface area contributed by atoms with Crippen molar-refractivity contribution in [2.75, 3.05) is 4.72 Å². The maximum atomic E-state index is 12.5. The molecule has 0 saturated heterocycles. The van der Waals surface area contributed by atoms with E-state index in [1.54, 1.807) is 41.1 Å². The number of anilines is 1. The van der Waals surface area contributed by atoms with E-state index < -0.39 is 15.5 Å². The largest absolute Gasteiger partial charge is 0.516 e. The van der Waals surface area contributed by atoms with Crippen LogP contribution in [-0.2, 0) is 10.0 Å². The van der Waals surface area contributed by atoms with Crippen LogP contribution in [0.5, 0.6) is 0 Å². The molecule has 0 saturated carbocycles. The third-order valence-electron chi connectivity index (χ3n) is 2.84. The van der Waals surface area contributed by atoms with Crippen LogP contribution < -0.4 is 4.72 Å². The fourth-order valence-electron chi connectivity index (χ4n) is 1.76. The Hall–Kier alpha value is -2.02. The molecule has 0 heterocycles. The Morgan fingerprint density at radius 3 is 2.10 bits per heavy atom. The molecule has 0 aliphatic carbocycles. The van der Waals surface area contributed by atoms with Gasteiger partial charge in [0.15, 0.2) is 0 Å². The molecule has 0 spiro atoms. The molecule has 0 bridgehead atoms. The van der Waals surface area contributed by atoms with Crippen molar-refractivity contribution in [1.82, 2.24) is 0 Å². The average Bonchev–Trinajstić information content (AvgIpc) is 2.39. The summed E-state index contributed by atoms with van der Waals surface area (Å²) in [5, 5.41) is 0. The number of alkyl halides is 3. The Kier molecular flexibility index (Phi) is 3.95. The van der Waals surface area contributed by atoms with Crippen LogP contribution in [0.2, 0.25) is 0 Å². The summed E-state index contributed by atoms with van der Waals surface area (Å²) < 4.78 is 61.4. The van der Waals surface area contributed by atoms with Crippen molar-refractivity contribution in [3.63, 3.8) is 0 Å². The van der Waals surface area contributed by atoms with Crippen molar-refractivity contribution in [2.24, 2.45) is 0 Å². The van der Waals surface area contributed by atoms with Crippen LogP contribution in [0.3, 0.4) is 0 Å². The Morgan fingerprint density at radius 2 is 1.52 bits per heavy atom. The Labute approximate surface area is 120 Å². The third kappa shape index (κ3) is 3.36. The highest BCUT2D eigenvalue weighted by Crippen LogP contribution is 2.32. The van der Waals surface area contributed by atoms with Gasteiger partial charge in [-0.05, 0) is 18.6 Å². The second-order valence-corrected chi connectivity index (χ2v) is 6.14. The fraction of sp³-hybridized carbons (Fsp3) is 0.143. The second-order valence-electron chi connectivity index (χ2n) is 4.46. The van der Waals surface area contributed by atoms with Gasteiger partial charge in [0.05, 0.1) is 5.69 Å². The topological polar surface area (TPSA) is 46.2 Å². The summed E-state index contributed by atoms with van der Waals surface area (Å²) in [4.78, 5) is 0. The standard InChI is InChI=1S/C14H12F3NO2S/c1-10-6-8-11(9-7-10)12-4-2-3-5-13(12)18-21(19,20)14(15,16)17/h2-9,18H,1H3. The van der Waals surface area contributed by atoms with E-state index in [0.717, 1.165) is 5.56 Å². The van der Waals surface area contributed by atoms with Crippen LogP contribution in [0.15, 0.2) is 48.5 Å². The molecule has 0 atom stereocenters. The maximum Gasteiger partial charge on any atom is 0.516 e. The number of rotatable bonds is 3. The van der Waals surface area contributed by atoms with Crippen molar-refractivity contribution in [3.05, 3.63) is 54.1 Å². The van der Waals surface area contributed by atoms with E-state index in [2.05, 4.69) is 0 Å². The quantitative estimate of drug-likeness (QED) is 0.933. The van der Waals surface area contributed by atoms with Gasteiger partial charge in [-0.3, -0.25) is 4.72 Å². The molecule has 0 aromatic heterocycles. The minimum atomic E-state index is -5.44. The van der Waals surface area contributed by atoms with Crippen molar-refractivity contribution >= 4 is 15.7 Å². The number of sulfonamides is 1. The van der Waals surface area contributed by atoms with Crippen molar-refractivity contribution in [1.29, 1.82) is 0 Å². The van der Waals surface area contributed by atoms with Gasteiger partial charge in [0.25, 0.3) is 0 Å². The zero-order chi connectivity index (χ0) is 15.7. The molecule has 3 nitrogen and oxygen atoms in total. The molecule has 2 rings (SSSR count). The van der Waals surface area contributed by atoms with E-state index >= 15 is 0 Å². The fourth-order valence-corrected chi connectivity index (χ4v) is 2.34. The lowest BCUT2D eigenvalue weighted by Crippen LogP contribution is -2.30. The summed E-state index contributed by atoms with van der Waals surface area (Å²) in [5.74, 6) is 0. The summed E-state index contributed by atoms with van der Waals surface area (Å²) >= 11 is 0.